The van der Waals surface area contributed by atoms with Gasteiger partial charge in [-0.25, -0.2) is 14.2 Å². The molecule has 0 saturated carbocycles. The van der Waals surface area contributed by atoms with E-state index in [-0.39, 0.29) is 12.4 Å². The molecule has 3 rings (SSSR count). The Balaban J connectivity index is 1.95. The third-order valence-corrected chi connectivity index (χ3v) is 4.01. The molecule has 0 aliphatic rings. The molecular weight excluding hydrogens is 341 g/mol. The van der Waals surface area contributed by atoms with Gasteiger partial charge in [0.1, 0.15) is 11.6 Å². The lowest BCUT2D eigenvalue weighted by Crippen LogP contribution is -2.35. The lowest BCUT2D eigenvalue weighted by molar-refractivity contribution is 0.253. The summed E-state index contributed by atoms with van der Waals surface area (Å²) < 4.78 is 13.1. The minimum absolute atomic E-state index is 0.189. The molecule has 4 nitrogen and oxygen atoms in total. The molecule has 0 bridgehead atoms. The second kappa shape index (κ2) is 7.32. The first-order valence-corrected chi connectivity index (χ1v) is 7.96. The SMILES string of the molecule is NC(=O)N(Cc1ccc(F)cc1)c1cccc(-c2ccccc2Cl)n1. The second-order valence-corrected chi connectivity index (χ2v) is 5.82. The van der Waals surface area contributed by atoms with Crippen LogP contribution in [0.25, 0.3) is 11.3 Å². The molecule has 1 aromatic heterocycles. The summed E-state index contributed by atoms with van der Waals surface area (Å²) in [5.74, 6) is 0.0578. The molecule has 1 heterocycles. The van der Waals surface area contributed by atoms with Crippen LogP contribution in [0.5, 0.6) is 0 Å². The first kappa shape index (κ1) is 16.9. The highest BCUT2D eigenvalue weighted by Crippen LogP contribution is 2.27. The summed E-state index contributed by atoms with van der Waals surface area (Å²) in [6.45, 7) is 0.189. The molecule has 2 N–H and O–H groups in total. The molecule has 0 saturated heterocycles. The minimum atomic E-state index is -0.645. The van der Waals surface area contributed by atoms with E-state index in [0.717, 1.165) is 11.1 Å². The Morgan fingerprint density at radius 1 is 1.04 bits per heavy atom. The number of amides is 2. The molecule has 0 aliphatic carbocycles. The molecule has 0 fully saturated rings. The molecule has 0 aliphatic heterocycles. The fourth-order valence-electron chi connectivity index (χ4n) is 2.44. The van der Waals surface area contributed by atoms with Crippen LogP contribution in [0.3, 0.4) is 0 Å². The Labute approximate surface area is 149 Å². The topological polar surface area (TPSA) is 59.2 Å². The van der Waals surface area contributed by atoms with Crippen molar-refractivity contribution >= 4 is 23.4 Å². The molecule has 3 aromatic rings. The number of primary amides is 1. The van der Waals surface area contributed by atoms with Crippen LogP contribution >= 0.6 is 11.6 Å². The van der Waals surface area contributed by atoms with Crippen LogP contribution in [0, 0.1) is 5.82 Å². The number of nitrogens with zero attached hydrogens (tertiary/aromatic N) is 2. The molecule has 25 heavy (non-hydrogen) atoms. The molecule has 126 valence electrons. The van der Waals surface area contributed by atoms with Crippen molar-refractivity contribution < 1.29 is 9.18 Å². The van der Waals surface area contributed by atoms with Crippen LogP contribution in [0.4, 0.5) is 15.0 Å². The fourth-order valence-corrected chi connectivity index (χ4v) is 2.67. The maximum Gasteiger partial charge on any atom is 0.320 e. The maximum atomic E-state index is 13.1. The quantitative estimate of drug-likeness (QED) is 0.742. The van der Waals surface area contributed by atoms with Crippen molar-refractivity contribution in [2.75, 3.05) is 4.90 Å². The summed E-state index contributed by atoms with van der Waals surface area (Å²) in [7, 11) is 0. The molecule has 0 unspecified atom stereocenters. The number of hydrogen-bond acceptors (Lipinski definition) is 2. The van der Waals surface area contributed by atoms with Gasteiger partial charge in [-0.05, 0) is 35.9 Å². The number of pyridine rings is 1. The van der Waals surface area contributed by atoms with Gasteiger partial charge in [0, 0.05) is 10.6 Å². The second-order valence-electron chi connectivity index (χ2n) is 5.41. The summed E-state index contributed by atoms with van der Waals surface area (Å²) in [4.78, 5) is 17.7. The smallest absolute Gasteiger partial charge is 0.320 e. The van der Waals surface area contributed by atoms with Gasteiger partial charge in [0.15, 0.2) is 0 Å². The zero-order valence-corrected chi connectivity index (χ0v) is 13.9. The highest BCUT2D eigenvalue weighted by molar-refractivity contribution is 6.33. The van der Waals surface area contributed by atoms with Crippen LogP contribution in [-0.2, 0) is 6.54 Å². The van der Waals surface area contributed by atoms with Crippen molar-refractivity contribution in [1.29, 1.82) is 0 Å². The third kappa shape index (κ3) is 3.95. The zero-order valence-electron chi connectivity index (χ0n) is 13.2. The standard InChI is InChI=1S/C19H15ClFN3O/c20-16-5-2-1-4-15(16)17-6-3-7-18(23-17)24(19(22)25)12-13-8-10-14(21)11-9-13/h1-11H,12H2,(H2,22,25). The molecule has 0 spiro atoms. The number of nitrogens with two attached hydrogens (primary N) is 1. The van der Waals surface area contributed by atoms with Crippen LogP contribution < -0.4 is 10.6 Å². The van der Waals surface area contributed by atoms with Gasteiger partial charge < -0.3 is 5.73 Å². The average Bonchev–Trinajstić information content (AvgIpc) is 2.61. The first-order valence-electron chi connectivity index (χ1n) is 7.58. The molecule has 0 radical (unpaired) electrons. The van der Waals surface area contributed by atoms with Crippen molar-refractivity contribution in [2.24, 2.45) is 5.73 Å². The number of halogens is 2. The number of aromatic nitrogens is 1. The number of anilines is 1. The van der Waals surface area contributed by atoms with Crippen LogP contribution in [-0.4, -0.2) is 11.0 Å². The van der Waals surface area contributed by atoms with Crippen LogP contribution in [0.15, 0.2) is 66.7 Å². The lowest BCUT2D eigenvalue weighted by Gasteiger charge is -2.20. The fraction of sp³-hybridized carbons (Fsp3) is 0.0526. The van der Waals surface area contributed by atoms with Gasteiger partial charge in [-0.15, -0.1) is 0 Å². The van der Waals surface area contributed by atoms with E-state index in [4.69, 9.17) is 17.3 Å². The molecule has 2 aromatic carbocycles. The lowest BCUT2D eigenvalue weighted by atomic mass is 10.1. The number of carbonyl (C=O) groups excluding carboxylic acids is 1. The van der Waals surface area contributed by atoms with Crippen molar-refractivity contribution in [3.05, 3.63) is 83.1 Å². The predicted octanol–water partition coefficient (Wildman–Crippen LogP) is 4.63. The Bertz CT molecular complexity index is 899. The third-order valence-electron chi connectivity index (χ3n) is 3.68. The van der Waals surface area contributed by atoms with E-state index in [0.29, 0.717) is 16.5 Å². The Kier molecular flexibility index (Phi) is 4.95. The van der Waals surface area contributed by atoms with Gasteiger partial charge in [0.05, 0.1) is 12.2 Å². The molecule has 0 atom stereocenters. The van der Waals surface area contributed by atoms with Gasteiger partial charge >= 0.3 is 6.03 Å². The van der Waals surface area contributed by atoms with Gasteiger partial charge in [-0.3, -0.25) is 4.90 Å². The predicted molar refractivity (Wildman–Crippen MR) is 96.8 cm³/mol. The van der Waals surface area contributed by atoms with E-state index in [1.165, 1.54) is 17.0 Å². The number of benzene rings is 2. The zero-order chi connectivity index (χ0) is 17.8. The van der Waals surface area contributed by atoms with Gasteiger partial charge in [0.2, 0.25) is 0 Å². The first-order chi connectivity index (χ1) is 12.0. The Hall–Kier alpha value is -2.92. The Morgan fingerprint density at radius 3 is 2.44 bits per heavy atom. The largest absolute Gasteiger partial charge is 0.351 e. The van der Waals surface area contributed by atoms with Crippen molar-refractivity contribution in [2.45, 2.75) is 6.54 Å². The minimum Gasteiger partial charge on any atom is -0.351 e. The van der Waals surface area contributed by atoms with E-state index in [2.05, 4.69) is 4.98 Å². The molecule has 6 heteroatoms. The van der Waals surface area contributed by atoms with Gasteiger partial charge in [-0.1, -0.05) is 48.0 Å². The van der Waals surface area contributed by atoms with Crippen LogP contribution in [0.2, 0.25) is 5.02 Å². The number of rotatable bonds is 4. The normalized spacial score (nSPS) is 10.5. The van der Waals surface area contributed by atoms with Gasteiger partial charge in [0.25, 0.3) is 0 Å². The Morgan fingerprint density at radius 2 is 1.76 bits per heavy atom. The van der Waals surface area contributed by atoms with E-state index in [9.17, 15) is 9.18 Å². The maximum absolute atomic E-state index is 13.1. The van der Waals surface area contributed by atoms with Crippen LogP contribution in [0.1, 0.15) is 5.56 Å². The number of carbonyl (C=O) groups is 1. The highest BCUT2D eigenvalue weighted by atomic mass is 35.5. The van der Waals surface area contributed by atoms with E-state index in [1.54, 1.807) is 30.3 Å². The van der Waals surface area contributed by atoms with Gasteiger partial charge in [-0.2, -0.15) is 0 Å². The monoisotopic (exact) mass is 355 g/mol. The molecular formula is C19H15ClFN3O. The van der Waals surface area contributed by atoms with Crippen molar-refractivity contribution in [3.63, 3.8) is 0 Å². The molecule has 2 amide bonds. The summed E-state index contributed by atoms with van der Waals surface area (Å²) in [6, 6.07) is 17.8. The summed E-state index contributed by atoms with van der Waals surface area (Å²) >= 11 is 6.22. The summed E-state index contributed by atoms with van der Waals surface area (Å²) in [5.41, 5.74) is 7.65. The van der Waals surface area contributed by atoms with E-state index in [1.807, 2.05) is 24.3 Å². The van der Waals surface area contributed by atoms with E-state index < -0.39 is 6.03 Å². The van der Waals surface area contributed by atoms with E-state index >= 15 is 0 Å². The highest BCUT2D eigenvalue weighted by Gasteiger charge is 2.16. The van der Waals surface area contributed by atoms with Crippen molar-refractivity contribution in [1.82, 2.24) is 4.98 Å². The summed E-state index contributed by atoms with van der Waals surface area (Å²) in [5, 5.41) is 0.566. The average molecular weight is 356 g/mol. The van der Waals surface area contributed by atoms with Crippen molar-refractivity contribution in [3.8, 4) is 11.3 Å². The number of urea groups is 1. The summed E-state index contributed by atoms with van der Waals surface area (Å²) in [6.07, 6.45) is 0. The number of hydrogen-bond donors (Lipinski definition) is 1.